The van der Waals surface area contributed by atoms with Crippen LogP contribution in [0, 0.1) is 0 Å². The second-order valence-electron chi connectivity index (χ2n) is 11.4. The fourth-order valence-corrected chi connectivity index (χ4v) is 6.19. The number of fused-ring (bicyclic) bond motifs is 3. The molecule has 49 heavy (non-hydrogen) atoms. The van der Waals surface area contributed by atoms with Crippen molar-refractivity contribution in [1.29, 1.82) is 0 Å². The Labute approximate surface area is 297 Å². The SMILES string of the molecule is [2H]c1c([2H])c([2H])c(-c2cccc3c4c([2H])c([2H])c([2H])c([2H])c4n(-c4ccc(-c5cccc(-c6nc(-c7ccccc7)nc(-c7ccccc7)n6)c5)cc4)c23)c([2H])c1[2H]. The summed E-state index contributed by atoms with van der Waals surface area (Å²) in [5.41, 5.74) is 5.61. The first kappa shape index (κ1) is 20.6. The predicted molar refractivity (Wildman–Crippen MR) is 201 cm³/mol. The third-order valence-electron chi connectivity index (χ3n) is 8.47. The van der Waals surface area contributed by atoms with Crippen LogP contribution in [0.15, 0.2) is 182 Å². The Balaban J connectivity index is 1.21. The molecule has 9 aromatic rings. The summed E-state index contributed by atoms with van der Waals surface area (Å²) in [7, 11) is 0. The van der Waals surface area contributed by atoms with Crippen molar-refractivity contribution in [2.75, 3.05) is 0 Å². The maximum absolute atomic E-state index is 9.04. The highest BCUT2D eigenvalue weighted by Crippen LogP contribution is 2.38. The van der Waals surface area contributed by atoms with E-state index >= 15 is 0 Å². The summed E-state index contributed by atoms with van der Waals surface area (Å²) in [5.74, 6) is 1.60. The predicted octanol–water partition coefficient (Wildman–Crippen LogP) is 11.3. The lowest BCUT2D eigenvalue weighted by Gasteiger charge is -2.13. The van der Waals surface area contributed by atoms with Gasteiger partial charge in [-0.15, -0.1) is 0 Å². The van der Waals surface area contributed by atoms with Crippen molar-refractivity contribution in [3.8, 4) is 62.1 Å². The highest BCUT2D eigenvalue weighted by molar-refractivity contribution is 6.13. The molecule has 0 unspecified atom stereocenters. The number of benzene rings is 7. The van der Waals surface area contributed by atoms with Crippen LogP contribution in [0.1, 0.15) is 12.3 Å². The summed E-state index contributed by atoms with van der Waals surface area (Å²) in [5, 5.41) is 0.708. The first-order valence-electron chi connectivity index (χ1n) is 20.2. The van der Waals surface area contributed by atoms with Crippen LogP contribution in [-0.2, 0) is 0 Å². The molecule has 0 fully saturated rings. The van der Waals surface area contributed by atoms with Gasteiger partial charge in [0.15, 0.2) is 17.5 Å². The van der Waals surface area contributed by atoms with Gasteiger partial charge in [0.2, 0.25) is 0 Å². The molecule has 0 saturated carbocycles. The van der Waals surface area contributed by atoms with Crippen LogP contribution in [0.25, 0.3) is 83.9 Å². The Hall–Kier alpha value is -6.65. The second kappa shape index (κ2) is 12.2. The number of para-hydroxylation sites is 2. The van der Waals surface area contributed by atoms with Gasteiger partial charge in [-0.1, -0.05) is 158 Å². The minimum atomic E-state index is -0.519. The summed E-state index contributed by atoms with van der Waals surface area (Å²) < 4.78 is 79.2. The molecular formula is C45H30N4. The lowest BCUT2D eigenvalue weighted by Crippen LogP contribution is -2.00. The van der Waals surface area contributed by atoms with Crippen molar-refractivity contribution in [3.05, 3.63) is 182 Å². The van der Waals surface area contributed by atoms with Crippen LogP contribution in [0.3, 0.4) is 0 Å². The zero-order valence-corrected chi connectivity index (χ0v) is 25.9. The van der Waals surface area contributed by atoms with Crippen molar-refractivity contribution in [1.82, 2.24) is 19.5 Å². The third-order valence-corrected chi connectivity index (χ3v) is 8.47. The molecule has 7 aromatic carbocycles. The maximum Gasteiger partial charge on any atom is 0.164 e. The highest BCUT2D eigenvalue weighted by Gasteiger charge is 2.17. The lowest BCUT2D eigenvalue weighted by atomic mass is 10.0. The van der Waals surface area contributed by atoms with E-state index in [-0.39, 0.29) is 28.6 Å². The Morgan fingerprint density at radius 3 is 1.67 bits per heavy atom. The number of hydrogen-bond acceptors (Lipinski definition) is 3. The van der Waals surface area contributed by atoms with Crippen LogP contribution in [0.5, 0.6) is 0 Å². The lowest BCUT2D eigenvalue weighted by molar-refractivity contribution is 1.07. The van der Waals surface area contributed by atoms with Gasteiger partial charge >= 0.3 is 0 Å². The molecule has 230 valence electrons. The van der Waals surface area contributed by atoms with Crippen LogP contribution in [0.2, 0.25) is 0 Å². The van der Waals surface area contributed by atoms with E-state index in [0.29, 0.717) is 39.6 Å². The van der Waals surface area contributed by atoms with Crippen LogP contribution in [0.4, 0.5) is 0 Å². The van der Waals surface area contributed by atoms with Gasteiger partial charge in [0.25, 0.3) is 0 Å². The minimum Gasteiger partial charge on any atom is -0.309 e. The standard InChI is InChI=1S/C45H30N4/c1-4-14-32(15-5-1)38-23-13-24-40-39-22-10-11-25-41(39)49(42(38)40)37-28-26-31(27-29-37)35-20-12-21-36(30-35)45-47-43(33-16-6-2-7-17-33)46-44(48-45)34-18-8-3-9-19-34/h1-30H/i1D,4D,5D,10D,11D,14D,15D,22D,25D. The van der Waals surface area contributed by atoms with Crippen molar-refractivity contribution in [2.24, 2.45) is 0 Å². The number of nitrogens with zero attached hydrogens (tertiary/aromatic N) is 4. The van der Waals surface area contributed by atoms with Crippen LogP contribution in [-0.4, -0.2) is 19.5 Å². The van der Waals surface area contributed by atoms with Crippen molar-refractivity contribution < 1.29 is 12.3 Å². The average molecular weight is 636 g/mol. The average Bonchev–Trinajstić information content (AvgIpc) is 3.63. The Morgan fingerprint density at radius 1 is 0.408 bits per heavy atom. The largest absolute Gasteiger partial charge is 0.309 e. The summed E-state index contributed by atoms with van der Waals surface area (Å²) in [4.78, 5) is 14.6. The van der Waals surface area contributed by atoms with Gasteiger partial charge in [-0.2, -0.15) is 0 Å². The highest BCUT2D eigenvalue weighted by atomic mass is 15.0. The smallest absolute Gasteiger partial charge is 0.164 e. The van der Waals surface area contributed by atoms with Crippen LogP contribution < -0.4 is 0 Å². The molecular weight excluding hydrogens is 597 g/mol. The van der Waals surface area contributed by atoms with E-state index < -0.39 is 42.3 Å². The molecule has 0 aliphatic heterocycles. The van der Waals surface area contributed by atoms with Gasteiger partial charge in [-0.25, -0.2) is 15.0 Å². The van der Waals surface area contributed by atoms with Crippen molar-refractivity contribution in [3.63, 3.8) is 0 Å². The van der Waals surface area contributed by atoms with Gasteiger partial charge in [0, 0.05) is 38.7 Å². The van der Waals surface area contributed by atoms with Gasteiger partial charge in [-0.3, -0.25) is 0 Å². The molecule has 0 atom stereocenters. The van der Waals surface area contributed by atoms with Gasteiger partial charge in [-0.05, 0) is 40.9 Å². The molecule has 2 aromatic heterocycles. The zero-order chi connectivity index (χ0) is 40.4. The fourth-order valence-electron chi connectivity index (χ4n) is 6.19. The van der Waals surface area contributed by atoms with E-state index in [9.17, 15) is 0 Å². The molecule has 9 rings (SSSR count). The monoisotopic (exact) mass is 635 g/mol. The first-order valence-corrected chi connectivity index (χ1v) is 15.7. The van der Waals surface area contributed by atoms with Crippen molar-refractivity contribution >= 4 is 21.8 Å². The molecule has 2 heterocycles. The molecule has 0 bridgehead atoms. The van der Waals surface area contributed by atoms with Crippen LogP contribution >= 0.6 is 0 Å². The van der Waals surface area contributed by atoms with Crippen molar-refractivity contribution in [2.45, 2.75) is 0 Å². The maximum atomic E-state index is 9.04. The first-order chi connectivity index (χ1) is 28.0. The molecule has 0 radical (unpaired) electrons. The normalized spacial score (nSPS) is 13.8. The molecule has 0 spiro atoms. The number of hydrogen-bond donors (Lipinski definition) is 0. The fraction of sp³-hybridized carbons (Fsp3) is 0. The summed E-state index contributed by atoms with van der Waals surface area (Å²) in [6, 6.07) is 36.3. The Bertz CT molecular complexity index is 3010. The quantitative estimate of drug-likeness (QED) is 0.183. The van der Waals surface area contributed by atoms with E-state index in [1.807, 2.05) is 109 Å². The van der Waals surface area contributed by atoms with Gasteiger partial charge < -0.3 is 4.57 Å². The second-order valence-corrected chi connectivity index (χ2v) is 11.4. The summed E-state index contributed by atoms with van der Waals surface area (Å²) >= 11 is 0. The Kier molecular flexibility index (Phi) is 5.11. The topological polar surface area (TPSA) is 43.6 Å². The molecule has 0 amide bonds. The molecule has 0 saturated heterocycles. The van der Waals surface area contributed by atoms with E-state index in [4.69, 9.17) is 27.3 Å². The summed E-state index contributed by atoms with van der Waals surface area (Å²) in [6.07, 6.45) is 0. The van der Waals surface area contributed by atoms with Gasteiger partial charge in [0.05, 0.1) is 23.4 Å². The molecule has 4 nitrogen and oxygen atoms in total. The number of aromatic nitrogens is 4. The summed E-state index contributed by atoms with van der Waals surface area (Å²) in [6.45, 7) is 0. The molecule has 0 N–H and O–H groups in total. The van der Waals surface area contributed by atoms with E-state index in [0.717, 1.165) is 27.8 Å². The van der Waals surface area contributed by atoms with E-state index in [1.54, 1.807) is 22.8 Å². The minimum absolute atomic E-state index is 0.0338. The van der Waals surface area contributed by atoms with E-state index in [2.05, 4.69) is 0 Å². The Morgan fingerprint density at radius 2 is 0.980 bits per heavy atom. The molecule has 4 heteroatoms. The third kappa shape index (κ3) is 5.26. The molecule has 0 aliphatic rings. The van der Waals surface area contributed by atoms with Gasteiger partial charge in [0.1, 0.15) is 0 Å². The zero-order valence-electron chi connectivity index (χ0n) is 34.9. The number of rotatable bonds is 6. The van der Waals surface area contributed by atoms with E-state index in [1.165, 1.54) is 0 Å². The molecule has 0 aliphatic carbocycles.